The van der Waals surface area contributed by atoms with Crippen LogP contribution in [0.1, 0.15) is 71.6 Å². The quantitative estimate of drug-likeness (QED) is 0.320. The van der Waals surface area contributed by atoms with Gasteiger partial charge in [-0.2, -0.15) is 9.78 Å². The highest BCUT2D eigenvalue weighted by atomic mass is 35.5. The zero-order chi connectivity index (χ0) is 24.8. The van der Waals surface area contributed by atoms with Gasteiger partial charge in [-0.15, -0.1) is 0 Å². The van der Waals surface area contributed by atoms with Gasteiger partial charge in [0.1, 0.15) is 5.60 Å². The number of carbonyl (C=O) groups is 1. The maximum atomic E-state index is 12.9. The van der Waals surface area contributed by atoms with Gasteiger partial charge in [0.05, 0.1) is 10.7 Å². The van der Waals surface area contributed by atoms with Crippen molar-refractivity contribution in [2.75, 3.05) is 5.32 Å². The van der Waals surface area contributed by atoms with Crippen molar-refractivity contribution in [1.29, 1.82) is 0 Å². The molecule has 1 saturated heterocycles. The number of carbonyl (C=O) groups excluding carboxylic acids is 1. The van der Waals surface area contributed by atoms with Crippen molar-refractivity contribution >= 4 is 35.0 Å². The van der Waals surface area contributed by atoms with Crippen molar-refractivity contribution in [2.45, 2.75) is 88.8 Å². The summed E-state index contributed by atoms with van der Waals surface area (Å²) in [7, 11) is 0. The molecule has 1 aromatic rings. The average molecular weight is 524 g/mol. The molecule has 35 heavy (non-hydrogen) atoms. The van der Waals surface area contributed by atoms with E-state index in [1.165, 1.54) is 6.42 Å². The van der Waals surface area contributed by atoms with Crippen molar-refractivity contribution in [2.24, 2.45) is 23.7 Å². The summed E-state index contributed by atoms with van der Waals surface area (Å²) < 4.78 is 12.9. The molecule has 4 fully saturated rings. The normalized spacial score (nSPS) is 40.6. The number of benzene rings is 1. The molecule has 0 radical (unpaired) electrons. The Hall–Kier alpha value is -1.31. The summed E-state index contributed by atoms with van der Waals surface area (Å²) in [5, 5.41) is 3.54. The Morgan fingerprint density at radius 1 is 1.23 bits per heavy atom. The van der Waals surface area contributed by atoms with Crippen LogP contribution in [0.3, 0.4) is 0 Å². The molecule has 6 nitrogen and oxygen atoms in total. The largest absolute Gasteiger partial charge is 0.438 e. The number of hydrogen-bond acceptors (Lipinski definition) is 5. The van der Waals surface area contributed by atoms with Crippen molar-refractivity contribution in [3.05, 3.63) is 40.9 Å². The molecule has 1 amide bonds. The van der Waals surface area contributed by atoms with Crippen LogP contribution in [0.2, 0.25) is 10.0 Å². The summed E-state index contributed by atoms with van der Waals surface area (Å²) in [5.74, 6) is 0.270. The van der Waals surface area contributed by atoms with Crippen LogP contribution in [-0.4, -0.2) is 23.3 Å². The Balaban J connectivity index is 1.34. The number of hydrogen-bond donors (Lipinski definition) is 1. The fourth-order valence-electron chi connectivity index (χ4n) is 7.05. The zero-order valence-corrected chi connectivity index (χ0v) is 22.0. The molecule has 8 heteroatoms. The molecule has 3 aliphatic carbocycles. The standard InChI is InChI=1S/C27H35Cl2NO5/c1-4-19-13-18-11-17(3)12-20(14-18)27(19)33-26(34-35-27)10-6-9-25(5-2,16-26)32-24(31)30-23-15-21(28)7-8-22(23)29/h5,7-8,15,17-20H,2,4,6,9-14,16H2,1,3H3,(H,30,31). The van der Waals surface area contributed by atoms with E-state index >= 15 is 0 Å². The molecule has 192 valence electrons. The van der Waals surface area contributed by atoms with E-state index in [9.17, 15) is 4.79 Å². The van der Waals surface area contributed by atoms with Gasteiger partial charge >= 0.3 is 6.09 Å². The summed E-state index contributed by atoms with van der Waals surface area (Å²) in [6.45, 7) is 8.53. The lowest BCUT2D eigenvalue weighted by molar-refractivity contribution is -0.383. The lowest BCUT2D eigenvalue weighted by atomic mass is 9.61. The first-order valence-electron chi connectivity index (χ1n) is 12.9. The van der Waals surface area contributed by atoms with E-state index in [2.05, 4.69) is 25.7 Å². The van der Waals surface area contributed by atoms with Crippen molar-refractivity contribution < 1.29 is 24.0 Å². The Kier molecular flexibility index (Phi) is 6.90. The van der Waals surface area contributed by atoms with Crippen LogP contribution in [0.4, 0.5) is 10.5 Å². The topological polar surface area (TPSA) is 66.0 Å². The van der Waals surface area contributed by atoms with E-state index in [0.29, 0.717) is 46.8 Å². The van der Waals surface area contributed by atoms with Gasteiger partial charge in [0.2, 0.25) is 11.6 Å². The van der Waals surface area contributed by atoms with Gasteiger partial charge in [0.15, 0.2) is 0 Å². The van der Waals surface area contributed by atoms with Crippen LogP contribution in [0.25, 0.3) is 0 Å². The van der Waals surface area contributed by atoms with Gasteiger partial charge in [0.25, 0.3) is 0 Å². The smallest absolute Gasteiger partial charge is 0.412 e. The first-order chi connectivity index (χ1) is 16.7. The highest BCUT2D eigenvalue weighted by molar-refractivity contribution is 6.35. The van der Waals surface area contributed by atoms with E-state index in [4.69, 9.17) is 42.5 Å². The first kappa shape index (κ1) is 25.3. The minimum absolute atomic E-state index is 0.285. The van der Waals surface area contributed by atoms with E-state index in [1.54, 1.807) is 24.3 Å². The second-order valence-electron chi connectivity index (χ2n) is 11.1. The number of ether oxygens (including phenoxy) is 2. The molecule has 5 rings (SSSR count). The van der Waals surface area contributed by atoms with E-state index < -0.39 is 23.3 Å². The van der Waals surface area contributed by atoms with Gasteiger partial charge in [-0.25, -0.2) is 4.79 Å². The molecule has 1 N–H and O–H groups in total. The Morgan fingerprint density at radius 3 is 2.83 bits per heavy atom. The van der Waals surface area contributed by atoms with Crippen molar-refractivity contribution in [3.63, 3.8) is 0 Å². The SMILES string of the molecule is C=CC1(OC(=O)Nc2cc(Cl)ccc2Cl)CCCC2(C1)OOC1(O2)C(CC)CC2CC(C)CC1C2. The minimum atomic E-state index is -0.971. The second-order valence-corrected chi connectivity index (χ2v) is 11.9. The number of rotatable bonds is 4. The molecular formula is C27H35Cl2NO5. The Labute approximate surface area is 217 Å². The van der Waals surface area contributed by atoms with E-state index in [1.807, 2.05) is 0 Å². The summed E-state index contributed by atoms with van der Waals surface area (Å²) in [5.41, 5.74) is -0.570. The highest BCUT2D eigenvalue weighted by Gasteiger charge is 2.65. The second kappa shape index (κ2) is 9.53. The van der Waals surface area contributed by atoms with Crippen molar-refractivity contribution in [3.8, 4) is 0 Å². The summed E-state index contributed by atoms with van der Waals surface area (Å²) in [6, 6.07) is 4.87. The monoisotopic (exact) mass is 523 g/mol. The van der Waals surface area contributed by atoms with Crippen LogP contribution in [0, 0.1) is 23.7 Å². The fourth-order valence-corrected chi connectivity index (χ4v) is 7.39. The zero-order valence-electron chi connectivity index (χ0n) is 20.5. The number of fused-ring (bicyclic) bond motifs is 3. The molecular weight excluding hydrogens is 489 g/mol. The molecule has 3 saturated carbocycles. The Bertz CT molecular complexity index is 988. The first-order valence-corrected chi connectivity index (χ1v) is 13.6. The number of anilines is 1. The van der Waals surface area contributed by atoms with Crippen LogP contribution in [-0.2, 0) is 19.2 Å². The maximum absolute atomic E-state index is 12.9. The Morgan fingerprint density at radius 2 is 2.06 bits per heavy atom. The summed E-state index contributed by atoms with van der Waals surface area (Å²) in [6.07, 6.45) is 8.98. The fraction of sp³-hybridized carbons (Fsp3) is 0.667. The molecule has 1 aliphatic heterocycles. The van der Waals surface area contributed by atoms with Crippen molar-refractivity contribution in [1.82, 2.24) is 0 Å². The van der Waals surface area contributed by atoms with Gasteiger partial charge in [-0.3, -0.25) is 5.32 Å². The van der Waals surface area contributed by atoms with Crippen LogP contribution < -0.4 is 5.32 Å². The molecule has 4 aliphatic rings. The third kappa shape index (κ3) is 4.73. The molecule has 7 atom stereocenters. The summed E-state index contributed by atoms with van der Waals surface area (Å²) in [4.78, 5) is 25.2. The molecule has 2 bridgehead atoms. The highest BCUT2D eigenvalue weighted by Crippen LogP contribution is 2.59. The van der Waals surface area contributed by atoms with Gasteiger partial charge < -0.3 is 9.47 Å². The third-order valence-electron chi connectivity index (χ3n) is 8.52. The van der Waals surface area contributed by atoms with Gasteiger partial charge in [-0.05, 0) is 81.1 Å². The van der Waals surface area contributed by atoms with Gasteiger partial charge in [0, 0.05) is 29.7 Å². The van der Waals surface area contributed by atoms with Crippen LogP contribution in [0.5, 0.6) is 0 Å². The molecule has 1 aromatic carbocycles. The minimum Gasteiger partial charge on any atom is -0.438 e. The predicted octanol–water partition coefficient (Wildman–Crippen LogP) is 7.89. The van der Waals surface area contributed by atoms with E-state index in [0.717, 1.165) is 38.0 Å². The van der Waals surface area contributed by atoms with Crippen LogP contribution >= 0.6 is 23.2 Å². The average Bonchev–Trinajstić information content (AvgIpc) is 3.17. The lowest BCUT2D eigenvalue weighted by Gasteiger charge is -2.51. The maximum Gasteiger partial charge on any atom is 0.412 e. The molecule has 7 unspecified atom stereocenters. The predicted molar refractivity (Wildman–Crippen MR) is 135 cm³/mol. The summed E-state index contributed by atoms with van der Waals surface area (Å²) >= 11 is 12.3. The molecule has 2 spiro atoms. The van der Waals surface area contributed by atoms with E-state index in [-0.39, 0.29) is 5.92 Å². The van der Waals surface area contributed by atoms with Crippen LogP contribution in [0.15, 0.2) is 30.9 Å². The number of nitrogens with one attached hydrogen (secondary N) is 1. The molecule has 1 heterocycles. The van der Waals surface area contributed by atoms with Gasteiger partial charge in [-0.1, -0.05) is 43.6 Å². The molecule has 0 aromatic heterocycles. The lowest BCUT2D eigenvalue weighted by Crippen LogP contribution is -2.56. The third-order valence-corrected chi connectivity index (χ3v) is 9.08. The number of amides is 1. The number of halogens is 2.